The fourth-order valence-corrected chi connectivity index (χ4v) is 4.56. The van der Waals surface area contributed by atoms with Crippen molar-refractivity contribution in [2.24, 2.45) is 17.8 Å². The third-order valence-corrected chi connectivity index (χ3v) is 5.29. The Labute approximate surface area is 117 Å². The van der Waals surface area contributed by atoms with Gasteiger partial charge in [-0.05, 0) is 61.0 Å². The minimum absolute atomic E-state index is 0.131. The Hall–Kier alpha value is -0.820. The highest BCUT2D eigenvalue weighted by molar-refractivity contribution is 5.35. The second-order valence-electron chi connectivity index (χ2n) is 7.01. The number of aryl methyl sites for hydroxylation is 1. The van der Waals surface area contributed by atoms with Crippen LogP contribution in [-0.4, -0.2) is 11.2 Å². The van der Waals surface area contributed by atoms with Crippen LogP contribution in [0, 0.1) is 17.8 Å². The van der Waals surface area contributed by atoms with Crippen molar-refractivity contribution in [2.45, 2.75) is 58.0 Å². The molecule has 3 rings (SSSR count). The van der Waals surface area contributed by atoms with Crippen molar-refractivity contribution >= 4 is 0 Å². The second-order valence-corrected chi connectivity index (χ2v) is 7.01. The minimum Gasteiger partial charge on any atom is -0.392 e. The fourth-order valence-electron chi connectivity index (χ4n) is 4.56. The van der Waals surface area contributed by atoms with Crippen LogP contribution in [0.25, 0.3) is 0 Å². The lowest BCUT2D eigenvalue weighted by Crippen LogP contribution is -2.33. The third-order valence-electron chi connectivity index (χ3n) is 5.29. The molecular formula is C18H26O. The molecule has 1 N–H and O–H groups in total. The number of benzene rings is 1. The van der Waals surface area contributed by atoms with Crippen LogP contribution in [0.1, 0.15) is 56.6 Å². The summed E-state index contributed by atoms with van der Waals surface area (Å²) in [5.41, 5.74) is 2.88. The molecule has 0 aromatic heterocycles. The molecule has 1 aromatic carbocycles. The van der Waals surface area contributed by atoms with Gasteiger partial charge in [0.1, 0.15) is 0 Å². The Bertz CT molecular complexity index is 429. The molecule has 0 spiro atoms. The van der Waals surface area contributed by atoms with Crippen molar-refractivity contribution in [1.29, 1.82) is 0 Å². The van der Waals surface area contributed by atoms with Crippen LogP contribution in [0.3, 0.4) is 0 Å². The Morgan fingerprint density at radius 2 is 1.74 bits per heavy atom. The second kappa shape index (κ2) is 5.28. The molecule has 19 heavy (non-hydrogen) atoms. The molecule has 0 amide bonds. The predicted octanol–water partition coefficient (Wildman–Crippen LogP) is 4.15. The van der Waals surface area contributed by atoms with E-state index in [-0.39, 0.29) is 6.10 Å². The van der Waals surface area contributed by atoms with Crippen molar-refractivity contribution < 1.29 is 5.11 Å². The van der Waals surface area contributed by atoms with Gasteiger partial charge >= 0.3 is 0 Å². The maximum atomic E-state index is 10.9. The zero-order valence-electron chi connectivity index (χ0n) is 12.2. The van der Waals surface area contributed by atoms with Crippen molar-refractivity contribution in [3.05, 3.63) is 35.4 Å². The Kier molecular flexibility index (Phi) is 3.66. The van der Waals surface area contributed by atoms with Crippen molar-refractivity contribution in [1.82, 2.24) is 0 Å². The summed E-state index contributed by atoms with van der Waals surface area (Å²) in [5.74, 6) is 2.45. The fraction of sp³-hybridized carbons (Fsp3) is 0.667. The van der Waals surface area contributed by atoms with E-state index in [0.29, 0.717) is 11.8 Å². The predicted molar refractivity (Wildman–Crippen MR) is 79.2 cm³/mol. The van der Waals surface area contributed by atoms with Crippen LogP contribution >= 0.6 is 0 Å². The summed E-state index contributed by atoms with van der Waals surface area (Å²) in [4.78, 5) is 0. The van der Waals surface area contributed by atoms with Gasteiger partial charge in [0.15, 0.2) is 0 Å². The first-order valence-corrected chi connectivity index (χ1v) is 7.91. The molecule has 1 fully saturated rings. The Morgan fingerprint density at radius 1 is 1.05 bits per heavy atom. The number of hydrogen-bond acceptors (Lipinski definition) is 1. The summed E-state index contributed by atoms with van der Waals surface area (Å²) in [6.07, 6.45) is 5.92. The van der Waals surface area contributed by atoms with E-state index in [1.54, 1.807) is 0 Å². The van der Waals surface area contributed by atoms with Gasteiger partial charge in [-0.25, -0.2) is 0 Å². The molecule has 1 heteroatoms. The molecule has 0 bridgehead atoms. The number of hydrogen-bond donors (Lipinski definition) is 1. The molecule has 0 aliphatic heterocycles. The Morgan fingerprint density at radius 3 is 2.47 bits per heavy atom. The number of aliphatic hydroxyl groups is 1. The van der Waals surface area contributed by atoms with Crippen molar-refractivity contribution in [2.75, 3.05) is 0 Å². The SMILES string of the molecule is CC1CC(C)CC(C(O)C2CCc3ccccc32)C1. The number of aliphatic hydroxyl groups excluding tert-OH is 1. The van der Waals surface area contributed by atoms with E-state index in [9.17, 15) is 5.11 Å². The molecule has 1 nitrogen and oxygen atoms in total. The van der Waals surface area contributed by atoms with E-state index in [1.807, 2.05) is 0 Å². The first-order valence-electron chi connectivity index (χ1n) is 7.91. The van der Waals surface area contributed by atoms with E-state index in [1.165, 1.54) is 30.4 Å². The van der Waals surface area contributed by atoms with Crippen molar-refractivity contribution in [3.8, 4) is 0 Å². The standard InChI is InChI=1S/C18H26O/c1-12-9-13(2)11-15(10-12)18(19)17-8-7-14-5-3-4-6-16(14)17/h3-6,12-13,15,17-19H,7-11H2,1-2H3. The van der Waals surface area contributed by atoms with Gasteiger partial charge in [-0.1, -0.05) is 38.1 Å². The smallest absolute Gasteiger partial charge is 0.0637 e. The van der Waals surface area contributed by atoms with Crippen molar-refractivity contribution in [3.63, 3.8) is 0 Å². The summed E-state index contributed by atoms with van der Waals surface area (Å²) >= 11 is 0. The zero-order chi connectivity index (χ0) is 13.4. The van der Waals surface area contributed by atoms with Crippen LogP contribution in [-0.2, 0) is 6.42 Å². The average molecular weight is 258 g/mol. The van der Waals surface area contributed by atoms with E-state index in [4.69, 9.17) is 0 Å². The zero-order valence-corrected chi connectivity index (χ0v) is 12.2. The summed E-state index contributed by atoms with van der Waals surface area (Å²) in [5, 5.41) is 10.9. The van der Waals surface area contributed by atoms with Crippen LogP contribution in [0.5, 0.6) is 0 Å². The molecule has 0 saturated heterocycles. The largest absolute Gasteiger partial charge is 0.392 e. The molecule has 0 radical (unpaired) electrons. The maximum Gasteiger partial charge on any atom is 0.0637 e. The average Bonchev–Trinajstić information content (AvgIpc) is 2.80. The van der Waals surface area contributed by atoms with Gasteiger partial charge in [0.25, 0.3) is 0 Å². The molecule has 4 unspecified atom stereocenters. The first-order chi connectivity index (χ1) is 9.15. The van der Waals surface area contributed by atoms with E-state index < -0.39 is 0 Å². The summed E-state index contributed by atoms with van der Waals surface area (Å²) in [6.45, 7) is 4.69. The van der Waals surface area contributed by atoms with E-state index >= 15 is 0 Å². The summed E-state index contributed by atoms with van der Waals surface area (Å²) < 4.78 is 0. The number of fused-ring (bicyclic) bond motifs is 1. The van der Waals surface area contributed by atoms with E-state index in [0.717, 1.165) is 24.7 Å². The third kappa shape index (κ3) is 2.58. The molecule has 4 atom stereocenters. The lowest BCUT2D eigenvalue weighted by Gasteiger charge is -2.36. The van der Waals surface area contributed by atoms with E-state index in [2.05, 4.69) is 38.1 Å². The highest BCUT2D eigenvalue weighted by Gasteiger charge is 2.36. The van der Waals surface area contributed by atoms with Gasteiger partial charge in [0.05, 0.1) is 6.10 Å². The van der Waals surface area contributed by atoms with Gasteiger partial charge < -0.3 is 5.11 Å². The van der Waals surface area contributed by atoms with Gasteiger partial charge in [0, 0.05) is 5.92 Å². The molecule has 1 saturated carbocycles. The normalized spacial score (nSPS) is 35.9. The van der Waals surface area contributed by atoms with Gasteiger partial charge in [-0.15, -0.1) is 0 Å². The van der Waals surface area contributed by atoms with Gasteiger partial charge in [0.2, 0.25) is 0 Å². The summed E-state index contributed by atoms with van der Waals surface area (Å²) in [7, 11) is 0. The molecule has 1 aromatic rings. The monoisotopic (exact) mass is 258 g/mol. The van der Waals surface area contributed by atoms with Crippen LogP contribution in [0.2, 0.25) is 0 Å². The molecule has 0 heterocycles. The quantitative estimate of drug-likeness (QED) is 0.845. The van der Waals surface area contributed by atoms with Crippen LogP contribution in [0.15, 0.2) is 24.3 Å². The maximum absolute atomic E-state index is 10.9. The summed E-state index contributed by atoms with van der Waals surface area (Å²) in [6, 6.07) is 8.70. The first kappa shape index (κ1) is 13.2. The topological polar surface area (TPSA) is 20.2 Å². The van der Waals surface area contributed by atoms with Crippen LogP contribution in [0.4, 0.5) is 0 Å². The molecular weight excluding hydrogens is 232 g/mol. The lowest BCUT2D eigenvalue weighted by atomic mass is 9.71. The van der Waals surface area contributed by atoms with Gasteiger partial charge in [-0.2, -0.15) is 0 Å². The number of rotatable bonds is 2. The highest BCUT2D eigenvalue weighted by Crippen LogP contribution is 2.43. The van der Waals surface area contributed by atoms with Crippen LogP contribution < -0.4 is 0 Å². The molecule has 2 aliphatic carbocycles. The minimum atomic E-state index is -0.131. The lowest BCUT2D eigenvalue weighted by molar-refractivity contribution is 0.0360. The molecule has 104 valence electrons. The molecule has 2 aliphatic rings. The highest BCUT2D eigenvalue weighted by atomic mass is 16.3. The Balaban J connectivity index is 1.76. The van der Waals surface area contributed by atoms with Gasteiger partial charge in [-0.3, -0.25) is 0 Å².